The van der Waals surface area contributed by atoms with Crippen LogP contribution in [0.5, 0.6) is 0 Å². The van der Waals surface area contributed by atoms with Gasteiger partial charge in [-0.2, -0.15) is 0 Å². The highest BCUT2D eigenvalue weighted by Gasteiger charge is 2.35. The van der Waals surface area contributed by atoms with Crippen molar-refractivity contribution < 1.29 is 0 Å². The predicted octanol–water partition coefficient (Wildman–Crippen LogP) is 9.21. The average Bonchev–Trinajstić information content (AvgIpc) is 2.77. The topological polar surface area (TPSA) is 0 Å². The first kappa shape index (κ1) is 23.3. The summed E-state index contributed by atoms with van der Waals surface area (Å²) in [5, 5.41) is 0. The zero-order chi connectivity index (χ0) is 22.5. The van der Waals surface area contributed by atoms with E-state index in [4.69, 9.17) is 0 Å². The van der Waals surface area contributed by atoms with Gasteiger partial charge in [-0.1, -0.05) is 133 Å². The van der Waals surface area contributed by atoms with Gasteiger partial charge in [0.05, 0.1) is 0 Å². The van der Waals surface area contributed by atoms with E-state index < -0.39 is 0 Å². The number of hydrogen-bond acceptors (Lipinski definition) is 0. The molecule has 0 N–H and O–H groups in total. The maximum absolute atomic E-state index is 2.45. The van der Waals surface area contributed by atoms with Gasteiger partial charge in [0, 0.05) is 0 Å². The third-order valence-corrected chi connectivity index (χ3v) is 7.28. The third-order valence-electron chi connectivity index (χ3n) is 7.28. The highest BCUT2D eigenvalue weighted by molar-refractivity contribution is 5.27. The van der Waals surface area contributed by atoms with Crippen LogP contribution in [0.1, 0.15) is 88.8 Å². The Kier molecular flexibility index (Phi) is 7.42. The van der Waals surface area contributed by atoms with Crippen molar-refractivity contribution in [3.63, 3.8) is 0 Å². The molecule has 0 aliphatic carbocycles. The Morgan fingerprint density at radius 2 is 1.00 bits per heavy atom. The van der Waals surface area contributed by atoms with Crippen LogP contribution < -0.4 is 0 Å². The molecule has 0 heteroatoms. The Balaban J connectivity index is 1.93. The first-order valence-electron chi connectivity index (χ1n) is 11.8. The molecule has 0 heterocycles. The van der Waals surface area contributed by atoms with E-state index in [9.17, 15) is 0 Å². The fourth-order valence-corrected chi connectivity index (χ4v) is 5.03. The number of benzene rings is 3. The molecule has 0 aliphatic rings. The quantitative estimate of drug-likeness (QED) is 0.346. The molecule has 0 saturated carbocycles. The molecule has 0 radical (unpaired) electrons. The smallest absolute Gasteiger partial charge is 0.0107 e. The van der Waals surface area contributed by atoms with Gasteiger partial charge in [0.15, 0.2) is 0 Å². The average molecular weight is 413 g/mol. The lowest BCUT2D eigenvalue weighted by Crippen LogP contribution is -2.26. The van der Waals surface area contributed by atoms with Crippen LogP contribution in [-0.4, -0.2) is 0 Å². The lowest BCUT2D eigenvalue weighted by Gasteiger charge is -2.39. The van der Waals surface area contributed by atoms with Crippen LogP contribution in [0.4, 0.5) is 0 Å². The summed E-state index contributed by atoms with van der Waals surface area (Å²) in [6.45, 7) is 14.5. The lowest BCUT2D eigenvalue weighted by molar-refractivity contribution is 0.220. The van der Waals surface area contributed by atoms with Gasteiger partial charge in [0.2, 0.25) is 0 Å². The number of hydrogen-bond donors (Lipinski definition) is 0. The summed E-state index contributed by atoms with van der Waals surface area (Å²) < 4.78 is 0. The Labute approximate surface area is 190 Å². The van der Waals surface area contributed by atoms with Crippen LogP contribution in [0.15, 0.2) is 91.0 Å². The fourth-order valence-electron chi connectivity index (χ4n) is 5.03. The largest absolute Gasteiger partial charge is 0.0622 e. The highest BCUT2D eigenvalue weighted by Crippen LogP contribution is 2.48. The van der Waals surface area contributed by atoms with Gasteiger partial charge >= 0.3 is 0 Å². The van der Waals surface area contributed by atoms with Crippen molar-refractivity contribution in [3.8, 4) is 0 Å². The van der Waals surface area contributed by atoms with Crippen molar-refractivity contribution in [1.29, 1.82) is 0 Å². The van der Waals surface area contributed by atoms with Gasteiger partial charge in [-0.25, -0.2) is 0 Å². The van der Waals surface area contributed by atoms with E-state index in [0.29, 0.717) is 17.8 Å². The van der Waals surface area contributed by atoms with Gasteiger partial charge in [-0.3, -0.25) is 0 Å². The minimum atomic E-state index is 0.195. The summed E-state index contributed by atoms with van der Waals surface area (Å²) >= 11 is 0. The predicted molar refractivity (Wildman–Crippen MR) is 136 cm³/mol. The van der Waals surface area contributed by atoms with Crippen LogP contribution in [0.25, 0.3) is 0 Å². The molecule has 0 bridgehead atoms. The Morgan fingerprint density at radius 3 is 1.45 bits per heavy atom. The summed E-state index contributed by atoms with van der Waals surface area (Å²) in [6.07, 6.45) is 2.34. The highest BCUT2D eigenvalue weighted by atomic mass is 14.4. The summed E-state index contributed by atoms with van der Waals surface area (Å²) in [5.74, 6) is 1.54. The van der Waals surface area contributed by atoms with E-state index in [1.54, 1.807) is 0 Å². The Morgan fingerprint density at radius 1 is 0.581 bits per heavy atom. The van der Waals surface area contributed by atoms with Crippen molar-refractivity contribution in [2.24, 2.45) is 10.8 Å². The normalized spacial score (nSPS) is 15.3. The molecular weight excluding hydrogens is 372 g/mol. The van der Waals surface area contributed by atoms with Gasteiger partial charge < -0.3 is 0 Å². The van der Waals surface area contributed by atoms with Crippen LogP contribution in [-0.2, 0) is 0 Å². The molecule has 0 aliphatic heterocycles. The van der Waals surface area contributed by atoms with E-state index in [1.165, 1.54) is 29.5 Å². The van der Waals surface area contributed by atoms with Gasteiger partial charge in [-0.05, 0) is 58.1 Å². The summed E-state index contributed by atoms with van der Waals surface area (Å²) in [6, 6.07) is 33.3. The lowest BCUT2D eigenvalue weighted by atomic mass is 9.65. The minimum absolute atomic E-state index is 0.195. The molecule has 0 aromatic heterocycles. The van der Waals surface area contributed by atoms with E-state index >= 15 is 0 Å². The van der Waals surface area contributed by atoms with Crippen molar-refractivity contribution in [3.05, 3.63) is 108 Å². The molecule has 31 heavy (non-hydrogen) atoms. The first-order valence-corrected chi connectivity index (χ1v) is 11.8. The molecule has 164 valence electrons. The molecular formula is C31H40. The molecule has 3 aromatic carbocycles. The summed E-state index contributed by atoms with van der Waals surface area (Å²) in [7, 11) is 0. The van der Waals surface area contributed by atoms with E-state index in [1.807, 2.05) is 0 Å². The second kappa shape index (κ2) is 9.86. The Bertz CT molecular complexity index is 901. The molecule has 3 aromatic rings. The van der Waals surface area contributed by atoms with Gasteiger partial charge in [0.25, 0.3) is 0 Å². The van der Waals surface area contributed by atoms with Crippen LogP contribution in [0.2, 0.25) is 0 Å². The van der Waals surface area contributed by atoms with E-state index in [2.05, 4.69) is 133 Å². The molecule has 0 fully saturated rings. The second-order valence-electron chi connectivity index (χ2n) is 11.0. The van der Waals surface area contributed by atoms with Crippen LogP contribution >= 0.6 is 0 Å². The van der Waals surface area contributed by atoms with Crippen LogP contribution in [0, 0.1) is 10.8 Å². The molecule has 3 unspecified atom stereocenters. The van der Waals surface area contributed by atoms with Gasteiger partial charge in [0.1, 0.15) is 0 Å². The van der Waals surface area contributed by atoms with Crippen molar-refractivity contribution >= 4 is 0 Å². The zero-order valence-corrected chi connectivity index (χ0v) is 20.3. The Hall–Kier alpha value is -2.34. The molecule has 3 atom stereocenters. The van der Waals surface area contributed by atoms with Crippen molar-refractivity contribution in [2.45, 2.75) is 72.1 Å². The molecule has 0 spiro atoms. The third kappa shape index (κ3) is 6.10. The fraction of sp³-hybridized carbons (Fsp3) is 0.419. The standard InChI is InChI=1S/C31H40/c1-24(25-16-10-7-11-17-25)31(5,6)23-28(26-18-12-8-13-19-26)22-29(30(2,3)4)27-20-14-9-15-21-27/h7-21,24,28-29H,22-23H2,1-6H3. The second-order valence-corrected chi connectivity index (χ2v) is 11.0. The summed E-state index contributed by atoms with van der Waals surface area (Å²) in [4.78, 5) is 0. The SMILES string of the molecule is CC(c1ccccc1)C(C)(C)CC(CC(c1ccccc1)C(C)(C)C)c1ccccc1. The van der Waals surface area contributed by atoms with Crippen LogP contribution in [0.3, 0.4) is 0 Å². The maximum Gasteiger partial charge on any atom is -0.0107 e. The minimum Gasteiger partial charge on any atom is -0.0622 e. The van der Waals surface area contributed by atoms with E-state index in [0.717, 1.165) is 0 Å². The molecule has 3 rings (SSSR count). The first-order chi connectivity index (χ1) is 14.7. The maximum atomic E-state index is 2.45. The van der Waals surface area contributed by atoms with E-state index in [-0.39, 0.29) is 10.8 Å². The van der Waals surface area contributed by atoms with Crippen molar-refractivity contribution in [2.75, 3.05) is 0 Å². The molecule has 0 nitrogen and oxygen atoms in total. The van der Waals surface area contributed by atoms with Gasteiger partial charge in [-0.15, -0.1) is 0 Å². The molecule has 0 amide bonds. The van der Waals surface area contributed by atoms with Crippen molar-refractivity contribution in [1.82, 2.24) is 0 Å². The summed E-state index contributed by atoms with van der Waals surface area (Å²) in [5.41, 5.74) is 4.78. The molecule has 0 saturated heterocycles. The monoisotopic (exact) mass is 412 g/mol. The number of rotatable bonds is 8. The zero-order valence-electron chi connectivity index (χ0n) is 20.3.